The van der Waals surface area contributed by atoms with Crippen molar-refractivity contribution in [1.82, 2.24) is 0 Å². The first-order chi connectivity index (χ1) is 7.16. The highest BCUT2D eigenvalue weighted by Crippen LogP contribution is 2.28. The number of rotatable bonds is 1. The van der Waals surface area contributed by atoms with Gasteiger partial charge in [-0.3, -0.25) is 0 Å². The van der Waals surface area contributed by atoms with Gasteiger partial charge in [0.1, 0.15) is 0 Å². The molecule has 0 unspecified atom stereocenters. The third kappa shape index (κ3) is 2.21. The minimum atomic E-state index is 0.794. The van der Waals surface area contributed by atoms with Crippen LogP contribution in [0.4, 0.5) is 0 Å². The minimum Gasteiger partial charge on any atom is -0.0837 e. The lowest BCUT2D eigenvalue weighted by Gasteiger charge is -2.06. The zero-order chi connectivity index (χ0) is 10.8. The van der Waals surface area contributed by atoms with Crippen molar-refractivity contribution in [2.24, 2.45) is 0 Å². The van der Waals surface area contributed by atoms with Gasteiger partial charge >= 0.3 is 0 Å². The number of benzene rings is 2. The van der Waals surface area contributed by atoms with Gasteiger partial charge < -0.3 is 0 Å². The van der Waals surface area contributed by atoms with Gasteiger partial charge in [-0.1, -0.05) is 41.9 Å². The molecule has 0 saturated heterocycles. The van der Waals surface area contributed by atoms with E-state index >= 15 is 0 Å². The number of hydrogen-bond donors (Lipinski definition) is 0. The van der Waals surface area contributed by atoms with E-state index in [0.29, 0.717) is 0 Å². The van der Waals surface area contributed by atoms with Gasteiger partial charge in [-0.2, -0.15) is 0 Å². The molecule has 0 spiro atoms. The molecule has 2 rings (SSSR count). The van der Waals surface area contributed by atoms with E-state index in [1.165, 1.54) is 0 Å². The first-order valence-electron chi connectivity index (χ1n) is 4.92. The van der Waals surface area contributed by atoms with E-state index in [-0.39, 0.29) is 0 Å². The summed E-state index contributed by atoms with van der Waals surface area (Å²) in [6, 6.07) is 15.4. The van der Waals surface area contributed by atoms with Gasteiger partial charge in [0.25, 0.3) is 0 Å². The fourth-order valence-electron chi connectivity index (χ4n) is 1.74. The lowest BCUT2D eigenvalue weighted by molar-refractivity contribution is 1.37. The number of halogens is 1. The predicted molar refractivity (Wildman–Crippen MR) is 65.2 cm³/mol. The Labute approximate surface area is 95.5 Å². The first-order valence-corrected chi connectivity index (χ1v) is 5.30. The maximum atomic E-state index is 6.15. The standard InChI is InChI=1S/C14H12Cl/c1-10-7-11(2)9-12(8-10)13-5-3-4-6-14(13)15/h3-6,8-9H,1-2H3. The van der Waals surface area contributed by atoms with Crippen LogP contribution in [0.3, 0.4) is 0 Å². The molecule has 2 aromatic rings. The van der Waals surface area contributed by atoms with Crippen LogP contribution in [0.25, 0.3) is 11.1 Å². The van der Waals surface area contributed by atoms with Gasteiger partial charge in [0.2, 0.25) is 0 Å². The van der Waals surface area contributed by atoms with Crippen molar-refractivity contribution in [3.63, 3.8) is 0 Å². The molecule has 0 aliphatic heterocycles. The topological polar surface area (TPSA) is 0 Å². The highest BCUT2D eigenvalue weighted by atomic mass is 35.5. The lowest BCUT2D eigenvalue weighted by Crippen LogP contribution is -1.83. The van der Waals surface area contributed by atoms with Crippen LogP contribution in [-0.4, -0.2) is 0 Å². The van der Waals surface area contributed by atoms with Gasteiger partial charge in [-0.25, -0.2) is 0 Å². The van der Waals surface area contributed by atoms with Crippen LogP contribution in [0.15, 0.2) is 36.4 Å². The highest BCUT2D eigenvalue weighted by Gasteiger charge is 2.03. The van der Waals surface area contributed by atoms with Crippen molar-refractivity contribution in [3.8, 4) is 11.1 Å². The molecule has 0 aromatic heterocycles. The SMILES string of the molecule is Cc1[c]c(C)cc(-c2ccccc2Cl)c1. The van der Waals surface area contributed by atoms with E-state index < -0.39 is 0 Å². The highest BCUT2D eigenvalue weighted by molar-refractivity contribution is 6.33. The summed E-state index contributed by atoms with van der Waals surface area (Å²) in [5.41, 5.74) is 4.53. The van der Waals surface area contributed by atoms with Crippen molar-refractivity contribution in [3.05, 3.63) is 58.6 Å². The molecular weight excluding hydrogens is 204 g/mol. The van der Waals surface area contributed by atoms with E-state index in [2.05, 4.69) is 18.2 Å². The second kappa shape index (κ2) is 4.08. The zero-order valence-corrected chi connectivity index (χ0v) is 9.60. The fraction of sp³-hybridized carbons (Fsp3) is 0.143. The average molecular weight is 216 g/mol. The zero-order valence-electron chi connectivity index (χ0n) is 8.84. The summed E-state index contributed by atoms with van der Waals surface area (Å²) in [6.45, 7) is 4.10. The quantitative estimate of drug-likeness (QED) is 0.661. The van der Waals surface area contributed by atoms with E-state index in [9.17, 15) is 0 Å². The van der Waals surface area contributed by atoms with Crippen molar-refractivity contribution in [2.75, 3.05) is 0 Å². The Kier molecular flexibility index (Phi) is 2.79. The Balaban J connectivity index is 2.59. The van der Waals surface area contributed by atoms with E-state index in [4.69, 9.17) is 11.6 Å². The van der Waals surface area contributed by atoms with Crippen LogP contribution in [0.1, 0.15) is 11.1 Å². The average Bonchev–Trinajstić information content (AvgIpc) is 2.16. The van der Waals surface area contributed by atoms with Crippen LogP contribution in [0.5, 0.6) is 0 Å². The van der Waals surface area contributed by atoms with Gasteiger partial charge in [0.15, 0.2) is 0 Å². The number of hydrogen-bond acceptors (Lipinski definition) is 0. The van der Waals surface area contributed by atoms with Gasteiger partial charge in [-0.15, -0.1) is 0 Å². The molecule has 0 atom stereocenters. The second-order valence-corrected chi connectivity index (χ2v) is 4.12. The molecule has 0 saturated carbocycles. The third-order valence-electron chi connectivity index (χ3n) is 2.32. The molecule has 75 valence electrons. The van der Waals surface area contributed by atoms with Gasteiger partial charge in [0.05, 0.1) is 0 Å². The Morgan fingerprint density at radius 2 is 1.60 bits per heavy atom. The van der Waals surface area contributed by atoms with Gasteiger partial charge in [-0.05, 0) is 42.7 Å². The molecule has 0 nitrogen and oxygen atoms in total. The molecule has 0 fully saturated rings. The van der Waals surface area contributed by atoms with Crippen molar-refractivity contribution < 1.29 is 0 Å². The summed E-state index contributed by atoms with van der Waals surface area (Å²) in [6.07, 6.45) is 0. The Morgan fingerprint density at radius 3 is 2.20 bits per heavy atom. The molecule has 0 aliphatic rings. The fourth-order valence-corrected chi connectivity index (χ4v) is 1.99. The normalized spacial score (nSPS) is 10.3. The van der Waals surface area contributed by atoms with Crippen LogP contribution < -0.4 is 0 Å². The summed E-state index contributed by atoms with van der Waals surface area (Å²) in [5.74, 6) is 0. The monoisotopic (exact) mass is 215 g/mol. The smallest absolute Gasteiger partial charge is 0.0484 e. The van der Waals surface area contributed by atoms with Gasteiger partial charge in [0, 0.05) is 10.6 Å². The van der Waals surface area contributed by atoms with Crippen molar-refractivity contribution >= 4 is 11.6 Å². The molecule has 15 heavy (non-hydrogen) atoms. The van der Waals surface area contributed by atoms with E-state index in [0.717, 1.165) is 27.3 Å². The predicted octanol–water partition coefficient (Wildman–Crippen LogP) is 4.42. The van der Waals surface area contributed by atoms with Crippen LogP contribution >= 0.6 is 11.6 Å². The van der Waals surface area contributed by atoms with E-state index in [1.807, 2.05) is 38.1 Å². The van der Waals surface area contributed by atoms with Crippen molar-refractivity contribution in [1.29, 1.82) is 0 Å². The van der Waals surface area contributed by atoms with Crippen LogP contribution in [0.2, 0.25) is 5.02 Å². The third-order valence-corrected chi connectivity index (χ3v) is 2.65. The summed E-state index contributed by atoms with van der Waals surface area (Å²) in [5, 5.41) is 0.794. The molecule has 0 bridgehead atoms. The Morgan fingerprint density at radius 1 is 1.00 bits per heavy atom. The molecule has 1 radical (unpaired) electrons. The Hall–Kier alpha value is -1.27. The molecule has 0 aliphatic carbocycles. The summed E-state index contributed by atoms with van der Waals surface area (Å²) in [4.78, 5) is 0. The first kappa shape index (κ1) is 10.3. The van der Waals surface area contributed by atoms with Crippen molar-refractivity contribution in [2.45, 2.75) is 13.8 Å². The number of aryl methyl sites for hydroxylation is 2. The maximum Gasteiger partial charge on any atom is 0.0484 e. The van der Waals surface area contributed by atoms with Crippen LogP contribution in [-0.2, 0) is 0 Å². The van der Waals surface area contributed by atoms with E-state index in [1.54, 1.807) is 0 Å². The maximum absolute atomic E-state index is 6.15. The minimum absolute atomic E-state index is 0.794. The second-order valence-electron chi connectivity index (χ2n) is 3.71. The van der Waals surface area contributed by atoms with Crippen LogP contribution in [0, 0.1) is 19.9 Å². The summed E-state index contributed by atoms with van der Waals surface area (Å²) in [7, 11) is 0. The summed E-state index contributed by atoms with van der Waals surface area (Å²) >= 11 is 6.15. The lowest BCUT2D eigenvalue weighted by atomic mass is 10.0. The molecule has 2 aromatic carbocycles. The molecule has 0 heterocycles. The molecule has 0 N–H and O–H groups in total. The Bertz CT molecular complexity index is 466. The molecule has 0 amide bonds. The molecular formula is C14H12Cl. The largest absolute Gasteiger partial charge is 0.0837 e. The summed E-state index contributed by atoms with van der Waals surface area (Å²) < 4.78 is 0. The molecule has 1 heteroatoms.